The fourth-order valence-electron chi connectivity index (χ4n) is 1.55. The SMILES string of the molecule is O=C(Nc1cc(Br)cc(Br)c1)Nc1cc(Br)cc(Br)c1. The molecule has 0 unspecified atom stereocenters. The van der Waals surface area contributed by atoms with Gasteiger partial charge in [-0.2, -0.15) is 0 Å². The van der Waals surface area contributed by atoms with Gasteiger partial charge in [-0.15, -0.1) is 0 Å². The van der Waals surface area contributed by atoms with Gasteiger partial charge in [0.2, 0.25) is 0 Å². The van der Waals surface area contributed by atoms with Crippen molar-refractivity contribution in [2.75, 3.05) is 10.6 Å². The molecule has 0 aliphatic rings. The minimum absolute atomic E-state index is 0.306. The zero-order chi connectivity index (χ0) is 14.7. The van der Waals surface area contributed by atoms with E-state index in [9.17, 15) is 4.79 Å². The Labute approximate surface area is 150 Å². The summed E-state index contributed by atoms with van der Waals surface area (Å²) in [6.45, 7) is 0. The van der Waals surface area contributed by atoms with Gasteiger partial charge in [-0.1, -0.05) is 63.7 Å². The van der Waals surface area contributed by atoms with E-state index in [0.717, 1.165) is 17.9 Å². The third-order valence-corrected chi connectivity index (χ3v) is 4.07. The fourth-order valence-corrected chi connectivity index (χ4v) is 4.13. The fraction of sp³-hybridized carbons (Fsp3) is 0. The van der Waals surface area contributed by atoms with Crippen molar-refractivity contribution in [1.29, 1.82) is 0 Å². The largest absolute Gasteiger partial charge is 0.323 e. The summed E-state index contributed by atoms with van der Waals surface area (Å²) < 4.78 is 3.53. The lowest BCUT2D eigenvalue weighted by Crippen LogP contribution is -2.19. The molecule has 3 nitrogen and oxygen atoms in total. The van der Waals surface area contributed by atoms with E-state index in [-0.39, 0.29) is 6.03 Å². The first-order valence-corrected chi connectivity index (χ1v) is 8.60. The quantitative estimate of drug-likeness (QED) is 0.467. The zero-order valence-electron chi connectivity index (χ0n) is 9.88. The summed E-state index contributed by atoms with van der Waals surface area (Å²) in [6, 6.07) is 10.8. The molecule has 2 aromatic rings. The monoisotopic (exact) mass is 524 g/mol. The Morgan fingerprint density at radius 2 is 0.950 bits per heavy atom. The Morgan fingerprint density at radius 1 is 0.650 bits per heavy atom. The predicted molar refractivity (Wildman–Crippen MR) is 96.3 cm³/mol. The molecule has 7 heteroatoms. The minimum atomic E-state index is -0.306. The number of hydrogen-bond acceptors (Lipinski definition) is 1. The van der Waals surface area contributed by atoms with E-state index in [4.69, 9.17) is 0 Å². The molecule has 2 amide bonds. The van der Waals surface area contributed by atoms with Crippen LogP contribution in [0.1, 0.15) is 0 Å². The summed E-state index contributed by atoms with van der Waals surface area (Å²) in [4.78, 5) is 11.9. The van der Waals surface area contributed by atoms with Gasteiger partial charge in [0.25, 0.3) is 0 Å². The van der Waals surface area contributed by atoms with Crippen LogP contribution in [0.3, 0.4) is 0 Å². The van der Waals surface area contributed by atoms with E-state index >= 15 is 0 Å². The van der Waals surface area contributed by atoms with Crippen LogP contribution in [-0.4, -0.2) is 6.03 Å². The summed E-state index contributed by atoms with van der Waals surface area (Å²) >= 11 is 13.5. The average molecular weight is 528 g/mol. The normalized spacial score (nSPS) is 10.2. The van der Waals surface area contributed by atoms with Crippen LogP contribution < -0.4 is 10.6 Å². The highest BCUT2D eigenvalue weighted by Gasteiger charge is 2.05. The Morgan fingerprint density at radius 3 is 1.25 bits per heavy atom. The molecular weight excluding hydrogens is 520 g/mol. The third-order valence-electron chi connectivity index (χ3n) is 2.24. The van der Waals surface area contributed by atoms with Gasteiger partial charge in [-0.3, -0.25) is 0 Å². The maximum Gasteiger partial charge on any atom is 0.323 e. The summed E-state index contributed by atoms with van der Waals surface area (Å²) in [6.07, 6.45) is 0. The van der Waals surface area contributed by atoms with Crippen molar-refractivity contribution in [3.05, 3.63) is 54.3 Å². The number of hydrogen-bond donors (Lipinski definition) is 2. The number of carbonyl (C=O) groups is 1. The molecule has 20 heavy (non-hydrogen) atoms. The van der Waals surface area contributed by atoms with Crippen LogP contribution in [0.4, 0.5) is 16.2 Å². The molecule has 0 aromatic heterocycles. The Bertz CT molecular complexity index is 565. The third kappa shape index (κ3) is 4.87. The number of carbonyl (C=O) groups excluding carboxylic acids is 1. The lowest BCUT2D eigenvalue weighted by Gasteiger charge is -2.09. The van der Waals surface area contributed by atoms with Gasteiger partial charge in [0.05, 0.1) is 0 Å². The van der Waals surface area contributed by atoms with Gasteiger partial charge in [0, 0.05) is 29.3 Å². The molecule has 0 heterocycles. The summed E-state index contributed by atoms with van der Waals surface area (Å²) in [5.41, 5.74) is 1.38. The summed E-state index contributed by atoms with van der Waals surface area (Å²) in [7, 11) is 0. The first-order chi connectivity index (χ1) is 9.42. The van der Waals surface area contributed by atoms with E-state index in [1.54, 1.807) is 0 Å². The molecule has 0 spiro atoms. The van der Waals surface area contributed by atoms with Gasteiger partial charge in [0.15, 0.2) is 0 Å². The van der Waals surface area contributed by atoms with Crippen molar-refractivity contribution >= 4 is 81.1 Å². The van der Waals surface area contributed by atoms with E-state index in [1.165, 1.54) is 0 Å². The standard InChI is InChI=1S/C13H8Br4N2O/c14-7-1-8(15)4-11(3-7)18-13(20)19-12-5-9(16)2-10(17)6-12/h1-6H,(H2,18,19,20). The zero-order valence-corrected chi connectivity index (χ0v) is 16.2. The van der Waals surface area contributed by atoms with Crippen LogP contribution in [0.5, 0.6) is 0 Å². The molecule has 0 aliphatic heterocycles. The number of halogens is 4. The van der Waals surface area contributed by atoms with Crippen LogP contribution >= 0.6 is 63.7 Å². The predicted octanol–water partition coefficient (Wildman–Crippen LogP) is 6.38. The highest BCUT2D eigenvalue weighted by Crippen LogP contribution is 2.25. The molecular formula is C13H8Br4N2O. The lowest BCUT2D eigenvalue weighted by atomic mass is 10.3. The number of anilines is 2. The molecule has 0 saturated heterocycles. The number of urea groups is 1. The number of amides is 2. The Hall–Kier alpha value is -0.370. The highest BCUT2D eigenvalue weighted by atomic mass is 79.9. The number of rotatable bonds is 2. The first kappa shape index (κ1) is 16.0. The smallest absolute Gasteiger partial charge is 0.308 e. The van der Waals surface area contributed by atoms with Crippen molar-refractivity contribution in [3.8, 4) is 0 Å². The molecule has 0 aliphatic carbocycles. The first-order valence-electron chi connectivity index (χ1n) is 5.42. The van der Waals surface area contributed by atoms with Crippen molar-refractivity contribution in [2.45, 2.75) is 0 Å². The van der Waals surface area contributed by atoms with Crippen LogP contribution in [0.2, 0.25) is 0 Å². The summed E-state index contributed by atoms with van der Waals surface area (Å²) in [5.74, 6) is 0. The van der Waals surface area contributed by atoms with Crippen LogP contribution in [-0.2, 0) is 0 Å². The Balaban J connectivity index is 2.08. The molecule has 0 atom stereocenters. The van der Waals surface area contributed by atoms with Crippen molar-refractivity contribution < 1.29 is 4.79 Å². The van der Waals surface area contributed by atoms with Crippen LogP contribution in [0.15, 0.2) is 54.3 Å². The topological polar surface area (TPSA) is 41.1 Å². The van der Waals surface area contributed by atoms with E-state index in [0.29, 0.717) is 11.4 Å². The van der Waals surface area contributed by atoms with Gasteiger partial charge in [0.1, 0.15) is 0 Å². The molecule has 0 saturated carbocycles. The van der Waals surface area contributed by atoms with Crippen molar-refractivity contribution in [3.63, 3.8) is 0 Å². The van der Waals surface area contributed by atoms with Crippen molar-refractivity contribution in [2.24, 2.45) is 0 Å². The summed E-state index contributed by atoms with van der Waals surface area (Å²) in [5, 5.41) is 5.54. The Kier molecular flexibility index (Phi) is 5.65. The van der Waals surface area contributed by atoms with Gasteiger partial charge >= 0.3 is 6.03 Å². The maximum atomic E-state index is 11.9. The second kappa shape index (κ2) is 7.06. The average Bonchev–Trinajstić information content (AvgIpc) is 2.24. The molecule has 2 aromatic carbocycles. The second-order valence-corrected chi connectivity index (χ2v) is 7.56. The van der Waals surface area contributed by atoms with Crippen LogP contribution in [0.25, 0.3) is 0 Å². The van der Waals surface area contributed by atoms with E-state index < -0.39 is 0 Å². The second-order valence-electron chi connectivity index (χ2n) is 3.90. The molecule has 104 valence electrons. The molecule has 0 radical (unpaired) electrons. The number of nitrogens with one attached hydrogen (secondary N) is 2. The molecule has 2 rings (SSSR count). The number of benzene rings is 2. The van der Waals surface area contributed by atoms with Gasteiger partial charge in [-0.05, 0) is 36.4 Å². The highest BCUT2D eigenvalue weighted by molar-refractivity contribution is 9.11. The van der Waals surface area contributed by atoms with Crippen molar-refractivity contribution in [1.82, 2.24) is 0 Å². The molecule has 0 fully saturated rings. The van der Waals surface area contributed by atoms with E-state index in [1.807, 2.05) is 36.4 Å². The lowest BCUT2D eigenvalue weighted by molar-refractivity contribution is 0.262. The van der Waals surface area contributed by atoms with E-state index in [2.05, 4.69) is 74.4 Å². The molecule has 0 bridgehead atoms. The molecule has 2 N–H and O–H groups in total. The van der Waals surface area contributed by atoms with Gasteiger partial charge < -0.3 is 10.6 Å². The van der Waals surface area contributed by atoms with Crippen LogP contribution in [0, 0.1) is 0 Å². The minimum Gasteiger partial charge on any atom is -0.308 e. The maximum absolute atomic E-state index is 11.9. The van der Waals surface area contributed by atoms with Gasteiger partial charge in [-0.25, -0.2) is 4.79 Å².